The number of carbonyl (C=O) groups excluding carboxylic acids is 1. The van der Waals surface area contributed by atoms with Crippen molar-refractivity contribution in [3.63, 3.8) is 0 Å². The molecular formula is C16H20N2O4S. The lowest BCUT2D eigenvalue weighted by Crippen LogP contribution is -2.49. The van der Waals surface area contributed by atoms with Crippen LogP contribution in [0.5, 0.6) is 5.75 Å². The summed E-state index contributed by atoms with van der Waals surface area (Å²) in [5, 5.41) is 2.93. The number of nitrogens with zero attached hydrogens (tertiary/aromatic N) is 1. The number of amides is 1. The molecule has 0 radical (unpaired) electrons. The summed E-state index contributed by atoms with van der Waals surface area (Å²) in [6.07, 6.45) is 4.55. The number of ether oxygens (including phenoxy) is 1. The SMILES string of the molecule is CS(=O)(=O)N1CCCC(NC(=O)C2=Cc3ccccc3OC2)C1. The van der Waals surface area contributed by atoms with Gasteiger partial charge >= 0.3 is 0 Å². The lowest BCUT2D eigenvalue weighted by atomic mass is 10.0. The molecule has 7 heteroatoms. The normalized spacial score (nSPS) is 21.8. The van der Waals surface area contributed by atoms with Gasteiger partial charge in [-0.1, -0.05) is 18.2 Å². The summed E-state index contributed by atoms with van der Waals surface area (Å²) >= 11 is 0. The molecule has 1 unspecified atom stereocenters. The molecule has 3 rings (SSSR count). The van der Waals surface area contributed by atoms with Crippen LogP contribution in [-0.4, -0.2) is 50.6 Å². The van der Waals surface area contributed by atoms with Crippen molar-refractivity contribution >= 4 is 22.0 Å². The van der Waals surface area contributed by atoms with E-state index in [-0.39, 0.29) is 18.6 Å². The lowest BCUT2D eigenvalue weighted by molar-refractivity contribution is -0.118. The van der Waals surface area contributed by atoms with Crippen LogP contribution in [0.25, 0.3) is 6.08 Å². The third-order valence-electron chi connectivity index (χ3n) is 4.11. The molecule has 1 N–H and O–H groups in total. The highest BCUT2D eigenvalue weighted by molar-refractivity contribution is 7.88. The third kappa shape index (κ3) is 3.73. The molecule has 0 bridgehead atoms. The monoisotopic (exact) mass is 336 g/mol. The van der Waals surface area contributed by atoms with Gasteiger partial charge in [-0.3, -0.25) is 4.79 Å². The highest BCUT2D eigenvalue weighted by Crippen LogP contribution is 2.25. The average molecular weight is 336 g/mol. The highest BCUT2D eigenvalue weighted by Gasteiger charge is 2.28. The minimum absolute atomic E-state index is 0.163. The van der Waals surface area contributed by atoms with Crippen LogP contribution in [0.4, 0.5) is 0 Å². The van der Waals surface area contributed by atoms with Crippen LogP contribution in [0.2, 0.25) is 0 Å². The van der Waals surface area contributed by atoms with Crippen molar-refractivity contribution in [2.75, 3.05) is 26.0 Å². The van der Waals surface area contributed by atoms with E-state index in [2.05, 4.69) is 5.32 Å². The fourth-order valence-corrected chi connectivity index (χ4v) is 3.80. The third-order valence-corrected chi connectivity index (χ3v) is 5.38. The van der Waals surface area contributed by atoms with Gasteiger partial charge in [-0.05, 0) is 25.0 Å². The molecule has 0 spiro atoms. The number of nitrogens with one attached hydrogen (secondary N) is 1. The molecule has 2 aliphatic heterocycles. The van der Waals surface area contributed by atoms with Gasteiger partial charge < -0.3 is 10.1 Å². The number of piperidine rings is 1. The summed E-state index contributed by atoms with van der Waals surface area (Å²) in [5.41, 5.74) is 1.44. The Morgan fingerprint density at radius 3 is 2.91 bits per heavy atom. The van der Waals surface area contributed by atoms with Gasteiger partial charge in [-0.25, -0.2) is 12.7 Å². The smallest absolute Gasteiger partial charge is 0.250 e. The molecule has 6 nitrogen and oxygen atoms in total. The van der Waals surface area contributed by atoms with Gasteiger partial charge in [0.25, 0.3) is 5.91 Å². The van der Waals surface area contributed by atoms with Crippen LogP contribution in [0, 0.1) is 0 Å². The van der Waals surface area contributed by atoms with Crippen LogP contribution in [0.1, 0.15) is 18.4 Å². The maximum atomic E-state index is 12.4. The first kappa shape index (κ1) is 16.0. The van der Waals surface area contributed by atoms with Crippen LogP contribution in [0.15, 0.2) is 29.8 Å². The zero-order valence-electron chi connectivity index (χ0n) is 13.0. The van der Waals surface area contributed by atoms with Crippen molar-refractivity contribution in [1.29, 1.82) is 0 Å². The molecule has 0 aliphatic carbocycles. The Morgan fingerprint density at radius 1 is 1.35 bits per heavy atom. The number of fused-ring (bicyclic) bond motifs is 1. The standard InChI is InChI=1S/C16H20N2O4S/c1-23(20,21)18-8-4-6-14(10-18)17-16(19)13-9-12-5-2-3-7-15(12)22-11-13/h2-3,5,7,9,14H,4,6,8,10-11H2,1H3,(H,17,19). The molecule has 2 aliphatic rings. The molecule has 23 heavy (non-hydrogen) atoms. The summed E-state index contributed by atoms with van der Waals surface area (Å²) in [5.74, 6) is 0.574. The summed E-state index contributed by atoms with van der Waals surface area (Å²) < 4.78 is 30.3. The van der Waals surface area contributed by atoms with E-state index in [1.165, 1.54) is 10.6 Å². The van der Waals surface area contributed by atoms with Crippen LogP contribution >= 0.6 is 0 Å². The number of carbonyl (C=O) groups is 1. The molecule has 0 aromatic heterocycles. The van der Waals surface area contributed by atoms with Gasteiger partial charge in [-0.15, -0.1) is 0 Å². The molecule has 1 amide bonds. The fourth-order valence-electron chi connectivity index (χ4n) is 2.89. The number of benzene rings is 1. The minimum atomic E-state index is -3.22. The lowest BCUT2D eigenvalue weighted by Gasteiger charge is -2.31. The zero-order valence-corrected chi connectivity index (χ0v) is 13.8. The molecule has 1 atom stereocenters. The summed E-state index contributed by atoms with van der Waals surface area (Å²) in [6.45, 7) is 1.07. The zero-order chi connectivity index (χ0) is 16.4. The predicted octanol–water partition coefficient (Wildman–Crippen LogP) is 1.00. The second-order valence-electron chi connectivity index (χ2n) is 5.93. The maximum absolute atomic E-state index is 12.4. The van der Waals surface area contributed by atoms with E-state index in [4.69, 9.17) is 4.74 Å². The van der Waals surface area contributed by atoms with E-state index in [1.807, 2.05) is 30.3 Å². The van der Waals surface area contributed by atoms with Gasteiger partial charge in [0.15, 0.2) is 0 Å². The van der Waals surface area contributed by atoms with Crippen molar-refractivity contribution in [3.05, 3.63) is 35.4 Å². The Morgan fingerprint density at radius 2 is 2.13 bits per heavy atom. The number of para-hydroxylation sites is 1. The van der Waals surface area contributed by atoms with Crippen molar-refractivity contribution in [2.45, 2.75) is 18.9 Å². The molecule has 1 aromatic rings. The molecule has 2 heterocycles. The second kappa shape index (κ2) is 6.33. The van der Waals surface area contributed by atoms with Crippen molar-refractivity contribution in [3.8, 4) is 5.75 Å². The van der Waals surface area contributed by atoms with E-state index in [0.717, 1.165) is 24.2 Å². The van der Waals surface area contributed by atoms with Gasteiger partial charge in [-0.2, -0.15) is 0 Å². The quantitative estimate of drug-likeness (QED) is 0.894. The summed E-state index contributed by atoms with van der Waals surface area (Å²) in [7, 11) is -3.22. The first-order valence-electron chi connectivity index (χ1n) is 7.62. The van der Waals surface area contributed by atoms with Crippen molar-refractivity contribution in [1.82, 2.24) is 9.62 Å². The Bertz CT molecular complexity index is 742. The number of hydrogen-bond acceptors (Lipinski definition) is 4. The van der Waals surface area contributed by atoms with E-state index in [9.17, 15) is 13.2 Å². The number of sulfonamides is 1. The van der Waals surface area contributed by atoms with E-state index in [0.29, 0.717) is 18.7 Å². The molecule has 1 saturated heterocycles. The fraction of sp³-hybridized carbons (Fsp3) is 0.438. The summed E-state index contributed by atoms with van der Waals surface area (Å²) in [6, 6.07) is 7.38. The minimum Gasteiger partial charge on any atom is -0.488 e. The van der Waals surface area contributed by atoms with Gasteiger partial charge in [0.1, 0.15) is 12.4 Å². The Hall–Kier alpha value is -1.86. The topological polar surface area (TPSA) is 75.7 Å². The van der Waals surface area contributed by atoms with Gasteiger partial charge in [0.2, 0.25) is 10.0 Å². The molecule has 1 fully saturated rings. The maximum Gasteiger partial charge on any atom is 0.250 e. The van der Waals surface area contributed by atoms with E-state index >= 15 is 0 Å². The largest absolute Gasteiger partial charge is 0.488 e. The van der Waals surface area contributed by atoms with Gasteiger partial charge in [0.05, 0.1) is 11.8 Å². The van der Waals surface area contributed by atoms with Crippen LogP contribution in [0.3, 0.4) is 0 Å². The van der Waals surface area contributed by atoms with E-state index < -0.39 is 10.0 Å². The van der Waals surface area contributed by atoms with Gasteiger partial charge in [0, 0.05) is 24.7 Å². The Balaban J connectivity index is 1.67. The first-order valence-corrected chi connectivity index (χ1v) is 9.47. The Labute approximate surface area is 136 Å². The molecular weight excluding hydrogens is 316 g/mol. The molecule has 124 valence electrons. The van der Waals surface area contributed by atoms with Crippen molar-refractivity contribution in [2.24, 2.45) is 0 Å². The molecule has 0 saturated carbocycles. The average Bonchev–Trinajstić information content (AvgIpc) is 2.54. The van der Waals surface area contributed by atoms with Crippen molar-refractivity contribution < 1.29 is 17.9 Å². The number of rotatable bonds is 3. The Kier molecular flexibility index (Phi) is 4.41. The second-order valence-corrected chi connectivity index (χ2v) is 7.91. The number of hydrogen-bond donors (Lipinski definition) is 1. The first-order chi connectivity index (χ1) is 10.9. The summed E-state index contributed by atoms with van der Waals surface area (Å²) in [4.78, 5) is 12.4. The highest BCUT2D eigenvalue weighted by atomic mass is 32.2. The predicted molar refractivity (Wildman–Crippen MR) is 87.5 cm³/mol. The van der Waals surface area contributed by atoms with Crippen LogP contribution in [-0.2, 0) is 14.8 Å². The molecule has 1 aromatic carbocycles. The van der Waals surface area contributed by atoms with Crippen LogP contribution < -0.4 is 10.1 Å². The van der Waals surface area contributed by atoms with E-state index in [1.54, 1.807) is 0 Å².